The minimum atomic E-state index is -0.119. The number of rotatable bonds is 6. The van der Waals surface area contributed by atoms with Crippen molar-refractivity contribution in [3.8, 4) is 5.75 Å². The number of benzene rings is 2. The predicted octanol–water partition coefficient (Wildman–Crippen LogP) is 4.73. The summed E-state index contributed by atoms with van der Waals surface area (Å²) in [5.74, 6) is 0.618. The Morgan fingerprint density at radius 2 is 1.82 bits per heavy atom. The number of carbonyl (C=O) groups is 1. The normalized spacial score (nSPS) is 10.3. The van der Waals surface area contributed by atoms with Crippen LogP contribution in [0.1, 0.15) is 41.3 Å². The van der Waals surface area contributed by atoms with E-state index in [0.717, 1.165) is 35.4 Å². The van der Waals surface area contributed by atoms with E-state index in [2.05, 4.69) is 18.3 Å². The first-order valence-corrected chi connectivity index (χ1v) is 7.71. The van der Waals surface area contributed by atoms with Gasteiger partial charge in [-0.05, 0) is 61.7 Å². The van der Waals surface area contributed by atoms with Crippen molar-refractivity contribution in [3.63, 3.8) is 0 Å². The zero-order valence-electron chi connectivity index (χ0n) is 13.5. The zero-order chi connectivity index (χ0) is 15.9. The first kappa shape index (κ1) is 16.1. The molecular formula is C19H23NO2. The van der Waals surface area contributed by atoms with E-state index in [0.29, 0.717) is 12.2 Å². The van der Waals surface area contributed by atoms with Crippen LogP contribution < -0.4 is 10.1 Å². The van der Waals surface area contributed by atoms with Gasteiger partial charge in [0.05, 0.1) is 6.61 Å². The highest BCUT2D eigenvalue weighted by atomic mass is 16.5. The largest absolute Gasteiger partial charge is 0.494 e. The van der Waals surface area contributed by atoms with E-state index in [1.54, 1.807) is 12.1 Å². The fourth-order valence-corrected chi connectivity index (χ4v) is 2.31. The van der Waals surface area contributed by atoms with E-state index in [1.165, 1.54) is 0 Å². The molecule has 2 aromatic carbocycles. The molecule has 1 amide bonds. The highest BCUT2D eigenvalue weighted by Crippen LogP contribution is 2.17. The van der Waals surface area contributed by atoms with Gasteiger partial charge in [0.1, 0.15) is 5.75 Å². The van der Waals surface area contributed by atoms with E-state index in [9.17, 15) is 4.79 Å². The van der Waals surface area contributed by atoms with Gasteiger partial charge in [0.25, 0.3) is 5.91 Å². The lowest BCUT2D eigenvalue weighted by Gasteiger charge is -2.09. The van der Waals surface area contributed by atoms with Gasteiger partial charge in [0.15, 0.2) is 0 Å². The first-order chi connectivity index (χ1) is 10.6. The van der Waals surface area contributed by atoms with Crippen LogP contribution in [0.25, 0.3) is 0 Å². The summed E-state index contributed by atoms with van der Waals surface area (Å²) in [7, 11) is 0. The third-order valence-corrected chi connectivity index (χ3v) is 3.34. The van der Waals surface area contributed by atoms with Crippen LogP contribution in [-0.4, -0.2) is 12.5 Å². The summed E-state index contributed by atoms with van der Waals surface area (Å²) in [4.78, 5) is 12.4. The topological polar surface area (TPSA) is 38.3 Å². The van der Waals surface area contributed by atoms with E-state index >= 15 is 0 Å². The van der Waals surface area contributed by atoms with Crippen LogP contribution >= 0.6 is 0 Å². The average molecular weight is 297 g/mol. The Bertz CT molecular complexity index is 629. The van der Waals surface area contributed by atoms with E-state index < -0.39 is 0 Å². The van der Waals surface area contributed by atoms with Crippen LogP contribution in [-0.2, 0) is 0 Å². The zero-order valence-corrected chi connectivity index (χ0v) is 13.5. The van der Waals surface area contributed by atoms with Gasteiger partial charge in [-0.2, -0.15) is 0 Å². The molecule has 0 aliphatic carbocycles. The molecule has 0 bridgehead atoms. The number of hydrogen-bond acceptors (Lipinski definition) is 2. The number of unbranched alkanes of at least 4 members (excludes halogenated alkanes) is 1. The Morgan fingerprint density at radius 3 is 2.50 bits per heavy atom. The molecule has 0 saturated carbocycles. The Balaban J connectivity index is 2.07. The second-order valence-electron chi connectivity index (χ2n) is 5.56. The Hall–Kier alpha value is -2.29. The standard InChI is InChI=1S/C19H23NO2/c1-4-5-9-22-18-8-6-7-16(13-18)19(21)20-17-11-14(2)10-15(3)12-17/h6-8,10-13H,4-5,9H2,1-3H3,(H,20,21). The molecule has 0 radical (unpaired) electrons. The van der Waals surface area contributed by atoms with Gasteiger partial charge >= 0.3 is 0 Å². The summed E-state index contributed by atoms with van der Waals surface area (Å²) in [6.45, 7) is 6.84. The molecule has 116 valence electrons. The molecule has 0 aliphatic heterocycles. The van der Waals surface area contributed by atoms with Crippen molar-refractivity contribution in [2.75, 3.05) is 11.9 Å². The van der Waals surface area contributed by atoms with Crippen LogP contribution in [0.4, 0.5) is 5.69 Å². The lowest BCUT2D eigenvalue weighted by Crippen LogP contribution is -2.12. The SMILES string of the molecule is CCCCOc1cccc(C(=O)Nc2cc(C)cc(C)c2)c1. The van der Waals surface area contributed by atoms with Crippen LogP contribution in [0.2, 0.25) is 0 Å². The number of nitrogens with one attached hydrogen (secondary N) is 1. The summed E-state index contributed by atoms with van der Waals surface area (Å²) in [5.41, 5.74) is 3.69. The molecular weight excluding hydrogens is 274 g/mol. The van der Waals surface area contributed by atoms with Gasteiger partial charge in [-0.1, -0.05) is 25.5 Å². The summed E-state index contributed by atoms with van der Waals surface area (Å²) in [5, 5.41) is 2.94. The fraction of sp³-hybridized carbons (Fsp3) is 0.316. The van der Waals surface area contributed by atoms with Crippen molar-refractivity contribution in [2.24, 2.45) is 0 Å². The molecule has 0 unspecified atom stereocenters. The monoisotopic (exact) mass is 297 g/mol. The molecule has 0 heterocycles. The summed E-state index contributed by atoms with van der Waals surface area (Å²) >= 11 is 0. The lowest BCUT2D eigenvalue weighted by molar-refractivity contribution is 0.102. The Labute approximate surface area is 132 Å². The molecule has 3 nitrogen and oxygen atoms in total. The second kappa shape index (κ2) is 7.64. The molecule has 0 spiro atoms. The molecule has 0 saturated heterocycles. The highest BCUT2D eigenvalue weighted by Gasteiger charge is 2.08. The van der Waals surface area contributed by atoms with Crippen LogP contribution in [0.5, 0.6) is 5.75 Å². The van der Waals surface area contributed by atoms with Crippen molar-refractivity contribution in [1.29, 1.82) is 0 Å². The first-order valence-electron chi connectivity index (χ1n) is 7.71. The van der Waals surface area contributed by atoms with E-state index in [-0.39, 0.29) is 5.91 Å². The minimum Gasteiger partial charge on any atom is -0.494 e. The molecule has 0 fully saturated rings. The van der Waals surface area contributed by atoms with Gasteiger partial charge < -0.3 is 10.1 Å². The summed E-state index contributed by atoms with van der Waals surface area (Å²) < 4.78 is 5.65. The van der Waals surface area contributed by atoms with Crippen molar-refractivity contribution in [1.82, 2.24) is 0 Å². The molecule has 2 rings (SSSR count). The van der Waals surface area contributed by atoms with Crippen LogP contribution in [0.3, 0.4) is 0 Å². The van der Waals surface area contributed by atoms with Crippen LogP contribution in [0.15, 0.2) is 42.5 Å². The maximum atomic E-state index is 12.4. The highest BCUT2D eigenvalue weighted by molar-refractivity contribution is 6.04. The van der Waals surface area contributed by atoms with Crippen molar-refractivity contribution in [3.05, 3.63) is 59.2 Å². The molecule has 0 atom stereocenters. The molecule has 22 heavy (non-hydrogen) atoms. The number of ether oxygens (including phenoxy) is 1. The number of anilines is 1. The number of amides is 1. The molecule has 0 aromatic heterocycles. The average Bonchev–Trinajstić information content (AvgIpc) is 2.47. The lowest BCUT2D eigenvalue weighted by atomic mass is 10.1. The summed E-state index contributed by atoms with van der Waals surface area (Å²) in [6.07, 6.45) is 2.10. The predicted molar refractivity (Wildman–Crippen MR) is 90.7 cm³/mol. The second-order valence-corrected chi connectivity index (χ2v) is 5.56. The third kappa shape index (κ3) is 4.62. The van der Waals surface area contributed by atoms with E-state index in [4.69, 9.17) is 4.74 Å². The smallest absolute Gasteiger partial charge is 0.255 e. The summed E-state index contributed by atoms with van der Waals surface area (Å²) in [6, 6.07) is 13.3. The van der Waals surface area contributed by atoms with Crippen molar-refractivity contribution < 1.29 is 9.53 Å². The molecule has 2 aromatic rings. The quantitative estimate of drug-likeness (QED) is 0.782. The number of aryl methyl sites for hydroxylation is 2. The van der Waals surface area contributed by atoms with E-state index in [1.807, 2.05) is 38.1 Å². The number of carbonyl (C=O) groups excluding carboxylic acids is 1. The van der Waals surface area contributed by atoms with Gasteiger partial charge in [0.2, 0.25) is 0 Å². The Morgan fingerprint density at radius 1 is 1.09 bits per heavy atom. The third-order valence-electron chi connectivity index (χ3n) is 3.34. The molecule has 1 N–H and O–H groups in total. The minimum absolute atomic E-state index is 0.119. The molecule has 0 aliphatic rings. The molecule has 3 heteroatoms. The van der Waals surface area contributed by atoms with Crippen LogP contribution in [0, 0.1) is 13.8 Å². The fourth-order valence-electron chi connectivity index (χ4n) is 2.31. The van der Waals surface area contributed by atoms with Gasteiger partial charge in [0, 0.05) is 11.3 Å². The van der Waals surface area contributed by atoms with Gasteiger partial charge in [-0.3, -0.25) is 4.79 Å². The number of hydrogen-bond donors (Lipinski definition) is 1. The van der Waals surface area contributed by atoms with Crippen molar-refractivity contribution >= 4 is 11.6 Å². The van der Waals surface area contributed by atoms with Crippen molar-refractivity contribution in [2.45, 2.75) is 33.6 Å². The van der Waals surface area contributed by atoms with Gasteiger partial charge in [-0.25, -0.2) is 0 Å². The maximum Gasteiger partial charge on any atom is 0.255 e. The van der Waals surface area contributed by atoms with Gasteiger partial charge in [-0.15, -0.1) is 0 Å². The maximum absolute atomic E-state index is 12.4. The Kier molecular flexibility index (Phi) is 5.59.